The summed E-state index contributed by atoms with van der Waals surface area (Å²) in [4.78, 5) is 4.08. The van der Waals surface area contributed by atoms with E-state index in [2.05, 4.69) is 9.71 Å². The summed E-state index contributed by atoms with van der Waals surface area (Å²) in [5.74, 6) is -0.102. The number of pyridine rings is 1. The number of nitrogens with zero attached hydrogens (tertiary/aromatic N) is 2. The highest BCUT2D eigenvalue weighted by atomic mass is 32.2. The fourth-order valence-corrected chi connectivity index (χ4v) is 2.98. The summed E-state index contributed by atoms with van der Waals surface area (Å²) >= 11 is 0. The van der Waals surface area contributed by atoms with Crippen LogP contribution in [0.3, 0.4) is 0 Å². The highest BCUT2D eigenvalue weighted by molar-refractivity contribution is 7.89. The van der Waals surface area contributed by atoms with Gasteiger partial charge in [-0.1, -0.05) is 36.4 Å². The van der Waals surface area contributed by atoms with Crippen molar-refractivity contribution >= 4 is 10.0 Å². The first-order valence-corrected chi connectivity index (χ1v) is 8.10. The van der Waals surface area contributed by atoms with Crippen LogP contribution in [0.2, 0.25) is 0 Å². The van der Waals surface area contributed by atoms with Gasteiger partial charge < -0.3 is 0 Å². The molecule has 0 aliphatic carbocycles. The van der Waals surface area contributed by atoms with Crippen LogP contribution in [-0.2, 0) is 16.4 Å². The molecule has 0 bridgehead atoms. The Balaban J connectivity index is 2.01. The molecule has 1 unspecified atom stereocenters. The molecule has 1 aromatic carbocycles. The average molecular weight is 301 g/mol. The van der Waals surface area contributed by atoms with Gasteiger partial charge in [0.05, 0.1) is 11.8 Å². The van der Waals surface area contributed by atoms with Gasteiger partial charge in [-0.05, 0) is 17.7 Å². The first kappa shape index (κ1) is 15.2. The van der Waals surface area contributed by atoms with Crippen molar-refractivity contribution in [2.45, 2.75) is 12.5 Å². The molecule has 2 aromatic rings. The van der Waals surface area contributed by atoms with E-state index in [1.54, 1.807) is 42.6 Å². The van der Waals surface area contributed by atoms with Gasteiger partial charge in [0.25, 0.3) is 0 Å². The zero-order valence-electron chi connectivity index (χ0n) is 11.3. The minimum absolute atomic E-state index is 0.102. The number of rotatable bonds is 6. The molecule has 1 heterocycles. The standard InChI is InChI=1S/C15H15N3O2S/c16-12-15(13-6-2-1-3-7-13)18-21(19,20)11-9-14-8-4-5-10-17-14/h1-8,10,15,18H,9,11H2. The molecular weight excluding hydrogens is 286 g/mol. The summed E-state index contributed by atoms with van der Waals surface area (Å²) in [6.07, 6.45) is 1.93. The number of hydrogen-bond acceptors (Lipinski definition) is 4. The molecule has 0 amide bonds. The van der Waals surface area contributed by atoms with Crippen molar-refractivity contribution in [1.29, 1.82) is 5.26 Å². The van der Waals surface area contributed by atoms with Gasteiger partial charge in [0.2, 0.25) is 10.0 Å². The third kappa shape index (κ3) is 4.67. The molecule has 1 aromatic heterocycles. The minimum Gasteiger partial charge on any atom is -0.261 e. The predicted molar refractivity (Wildman–Crippen MR) is 79.7 cm³/mol. The van der Waals surface area contributed by atoms with E-state index in [9.17, 15) is 8.42 Å². The number of sulfonamides is 1. The molecule has 21 heavy (non-hydrogen) atoms. The smallest absolute Gasteiger partial charge is 0.213 e. The molecule has 0 aliphatic heterocycles. The van der Waals surface area contributed by atoms with Crippen LogP contribution in [0.25, 0.3) is 0 Å². The number of aromatic nitrogens is 1. The van der Waals surface area contributed by atoms with Crippen LogP contribution in [0, 0.1) is 11.3 Å². The van der Waals surface area contributed by atoms with Crippen LogP contribution in [0.4, 0.5) is 0 Å². The van der Waals surface area contributed by atoms with Crippen molar-refractivity contribution in [3.63, 3.8) is 0 Å². The second-order valence-corrected chi connectivity index (χ2v) is 6.35. The van der Waals surface area contributed by atoms with Crippen LogP contribution in [0.5, 0.6) is 0 Å². The van der Waals surface area contributed by atoms with Crippen LogP contribution >= 0.6 is 0 Å². The maximum absolute atomic E-state index is 12.1. The molecule has 2 rings (SSSR count). The first-order valence-electron chi connectivity index (χ1n) is 6.45. The van der Waals surface area contributed by atoms with Crippen molar-refractivity contribution in [2.24, 2.45) is 0 Å². The number of nitrogens with one attached hydrogen (secondary N) is 1. The molecule has 0 saturated carbocycles. The molecule has 0 spiro atoms. The topological polar surface area (TPSA) is 82.9 Å². The van der Waals surface area contributed by atoms with Gasteiger partial charge in [-0.25, -0.2) is 8.42 Å². The van der Waals surface area contributed by atoms with Gasteiger partial charge in [0, 0.05) is 18.3 Å². The Kier molecular flexibility index (Phi) is 5.04. The van der Waals surface area contributed by atoms with E-state index in [0.29, 0.717) is 17.7 Å². The Morgan fingerprint density at radius 3 is 2.48 bits per heavy atom. The van der Waals surface area contributed by atoms with Crippen molar-refractivity contribution in [2.75, 3.05) is 5.75 Å². The molecule has 1 N–H and O–H groups in total. The van der Waals surface area contributed by atoms with E-state index in [1.807, 2.05) is 18.2 Å². The Morgan fingerprint density at radius 2 is 1.86 bits per heavy atom. The fraction of sp³-hybridized carbons (Fsp3) is 0.200. The maximum atomic E-state index is 12.1. The average Bonchev–Trinajstić information content (AvgIpc) is 2.53. The van der Waals surface area contributed by atoms with E-state index in [4.69, 9.17) is 5.26 Å². The zero-order valence-corrected chi connectivity index (χ0v) is 12.1. The lowest BCUT2D eigenvalue weighted by Crippen LogP contribution is -2.30. The summed E-state index contributed by atoms with van der Waals surface area (Å²) in [5.41, 5.74) is 1.33. The first-order chi connectivity index (χ1) is 10.1. The Morgan fingerprint density at radius 1 is 1.14 bits per heavy atom. The summed E-state index contributed by atoms with van der Waals surface area (Å²) in [7, 11) is -3.55. The SMILES string of the molecule is N#CC(NS(=O)(=O)CCc1ccccn1)c1ccccc1. The van der Waals surface area contributed by atoms with Crippen molar-refractivity contribution in [3.8, 4) is 6.07 Å². The minimum atomic E-state index is -3.55. The number of aryl methyl sites for hydroxylation is 1. The lowest BCUT2D eigenvalue weighted by atomic mass is 10.1. The molecule has 1 atom stereocenters. The maximum Gasteiger partial charge on any atom is 0.213 e. The second kappa shape index (κ2) is 6.97. The molecule has 108 valence electrons. The molecule has 6 heteroatoms. The highest BCUT2D eigenvalue weighted by Crippen LogP contribution is 2.12. The van der Waals surface area contributed by atoms with E-state index >= 15 is 0 Å². The van der Waals surface area contributed by atoms with Crippen molar-refractivity contribution in [1.82, 2.24) is 9.71 Å². The fourth-order valence-electron chi connectivity index (χ4n) is 1.84. The zero-order chi connectivity index (χ0) is 15.1. The Bertz CT molecular complexity index is 710. The van der Waals surface area contributed by atoms with Gasteiger partial charge in [-0.3, -0.25) is 4.98 Å². The second-order valence-electron chi connectivity index (χ2n) is 4.48. The largest absolute Gasteiger partial charge is 0.261 e. The summed E-state index contributed by atoms with van der Waals surface area (Å²) in [6, 6.07) is 15.2. The summed E-state index contributed by atoms with van der Waals surface area (Å²) in [5, 5.41) is 9.14. The molecule has 0 saturated heterocycles. The van der Waals surface area contributed by atoms with Crippen LogP contribution in [0.15, 0.2) is 54.7 Å². The number of benzene rings is 1. The summed E-state index contributed by atoms with van der Waals surface area (Å²) < 4.78 is 26.5. The Labute approximate surface area is 124 Å². The van der Waals surface area contributed by atoms with E-state index in [0.717, 1.165) is 0 Å². The van der Waals surface area contributed by atoms with Gasteiger partial charge in [0.15, 0.2) is 0 Å². The number of nitriles is 1. The highest BCUT2D eigenvalue weighted by Gasteiger charge is 2.19. The lowest BCUT2D eigenvalue weighted by molar-refractivity contribution is 0.574. The van der Waals surface area contributed by atoms with E-state index in [1.165, 1.54) is 0 Å². The summed E-state index contributed by atoms with van der Waals surface area (Å²) in [6.45, 7) is 0. The predicted octanol–water partition coefficient (Wildman–Crippen LogP) is 1.81. The molecular formula is C15H15N3O2S. The number of hydrogen-bond donors (Lipinski definition) is 1. The molecule has 0 radical (unpaired) electrons. The molecule has 0 fully saturated rings. The van der Waals surface area contributed by atoms with E-state index < -0.39 is 16.1 Å². The molecule has 0 aliphatic rings. The van der Waals surface area contributed by atoms with Crippen molar-refractivity contribution in [3.05, 3.63) is 66.0 Å². The third-order valence-electron chi connectivity index (χ3n) is 2.91. The quantitative estimate of drug-likeness (QED) is 0.882. The monoisotopic (exact) mass is 301 g/mol. The van der Waals surface area contributed by atoms with Gasteiger partial charge in [-0.2, -0.15) is 9.98 Å². The third-order valence-corrected chi connectivity index (χ3v) is 4.25. The van der Waals surface area contributed by atoms with Crippen LogP contribution < -0.4 is 4.72 Å². The van der Waals surface area contributed by atoms with E-state index in [-0.39, 0.29) is 5.75 Å². The van der Waals surface area contributed by atoms with Gasteiger partial charge in [0.1, 0.15) is 6.04 Å². The molecule has 5 nitrogen and oxygen atoms in total. The van der Waals surface area contributed by atoms with Crippen LogP contribution in [0.1, 0.15) is 17.3 Å². The van der Waals surface area contributed by atoms with Crippen molar-refractivity contribution < 1.29 is 8.42 Å². The lowest BCUT2D eigenvalue weighted by Gasteiger charge is -2.12. The normalized spacial score (nSPS) is 12.5. The van der Waals surface area contributed by atoms with Gasteiger partial charge >= 0.3 is 0 Å². The Hall–Kier alpha value is -2.23. The van der Waals surface area contributed by atoms with Crippen LogP contribution in [-0.4, -0.2) is 19.2 Å². The van der Waals surface area contributed by atoms with Gasteiger partial charge in [-0.15, -0.1) is 0 Å².